The second kappa shape index (κ2) is 11.7. The van der Waals surface area contributed by atoms with E-state index < -0.39 is 0 Å². The minimum absolute atomic E-state index is 0.127. The molecule has 2 amide bonds. The lowest BCUT2D eigenvalue weighted by Crippen LogP contribution is -2.30. The molecule has 4 rings (SSSR count). The van der Waals surface area contributed by atoms with E-state index in [4.69, 9.17) is 9.47 Å². The molecule has 0 saturated heterocycles. The first-order valence-corrected chi connectivity index (χ1v) is 12.1. The number of hydrogen-bond acceptors (Lipinski definition) is 5. The number of ether oxygens (including phenoxy) is 2. The Morgan fingerprint density at radius 2 is 1.75 bits per heavy atom. The molecule has 1 aliphatic heterocycles. The predicted molar refractivity (Wildman–Crippen MR) is 134 cm³/mol. The van der Waals surface area contributed by atoms with E-state index in [9.17, 15) is 14.4 Å². The first-order valence-electron chi connectivity index (χ1n) is 12.1. The molecule has 1 aromatic heterocycles. The lowest BCUT2D eigenvalue weighted by molar-refractivity contribution is -0.139. The van der Waals surface area contributed by atoms with Crippen molar-refractivity contribution in [2.75, 3.05) is 13.7 Å². The van der Waals surface area contributed by atoms with E-state index in [1.165, 1.54) is 7.11 Å². The van der Waals surface area contributed by atoms with Crippen LogP contribution >= 0.6 is 0 Å². The summed E-state index contributed by atoms with van der Waals surface area (Å²) in [6, 6.07) is 18.8. The van der Waals surface area contributed by atoms with E-state index in [0.29, 0.717) is 36.6 Å². The van der Waals surface area contributed by atoms with Crippen LogP contribution in [0, 0.1) is 0 Å². The van der Waals surface area contributed by atoms with E-state index in [-0.39, 0.29) is 36.9 Å². The third kappa shape index (κ3) is 5.83. The molecule has 0 radical (unpaired) electrons. The Balaban J connectivity index is 1.47. The second-order valence-corrected chi connectivity index (χ2v) is 8.69. The number of benzene rings is 2. The van der Waals surface area contributed by atoms with E-state index in [2.05, 4.69) is 10.6 Å². The standard InChI is InChI=1S/C28H31N3O5/c1-3-23(21-7-5-4-6-8-21)30-27(33)22-16-24(31-13-14-36-18-25(22)31)28(34)29-17-20-11-9-19(10-12-20)15-26(32)35-2/h4-12,16,23H,3,13-15,17-18H2,1-2H3,(H,29,34)(H,30,33)/t23-/m1/s1. The van der Waals surface area contributed by atoms with Crippen molar-refractivity contribution in [1.82, 2.24) is 15.2 Å². The van der Waals surface area contributed by atoms with Gasteiger partial charge >= 0.3 is 5.97 Å². The Bertz CT molecular complexity index is 1220. The van der Waals surface area contributed by atoms with Gasteiger partial charge in [0, 0.05) is 13.1 Å². The van der Waals surface area contributed by atoms with Gasteiger partial charge in [-0.05, 0) is 29.2 Å². The van der Waals surface area contributed by atoms with Gasteiger partial charge in [-0.25, -0.2) is 0 Å². The maximum atomic E-state index is 13.3. The van der Waals surface area contributed by atoms with Crippen LogP contribution in [0.3, 0.4) is 0 Å². The minimum atomic E-state index is -0.299. The van der Waals surface area contributed by atoms with Gasteiger partial charge in [0.25, 0.3) is 11.8 Å². The average molecular weight is 490 g/mol. The SMILES string of the molecule is CC[C@@H](NC(=O)c1cc(C(=O)NCc2ccc(CC(=O)OC)cc2)n2c1COCC2)c1ccccc1. The number of aromatic nitrogens is 1. The molecular formula is C28H31N3O5. The zero-order chi connectivity index (χ0) is 25.5. The summed E-state index contributed by atoms with van der Waals surface area (Å²) in [5.74, 6) is -0.780. The Hall–Kier alpha value is -3.91. The zero-order valence-electron chi connectivity index (χ0n) is 20.6. The summed E-state index contributed by atoms with van der Waals surface area (Å²) in [5.41, 5.74) is 4.38. The lowest BCUT2D eigenvalue weighted by Gasteiger charge is -2.20. The van der Waals surface area contributed by atoms with Crippen LogP contribution in [-0.2, 0) is 40.4 Å². The Labute approximate surface area is 210 Å². The number of rotatable bonds is 9. The smallest absolute Gasteiger partial charge is 0.309 e. The molecule has 1 aliphatic rings. The third-order valence-electron chi connectivity index (χ3n) is 6.35. The van der Waals surface area contributed by atoms with Crippen LogP contribution in [0.15, 0.2) is 60.7 Å². The average Bonchev–Trinajstić information content (AvgIpc) is 3.31. The van der Waals surface area contributed by atoms with E-state index in [0.717, 1.165) is 23.1 Å². The van der Waals surface area contributed by atoms with Crippen LogP contribution in [0.1, 0.15) is 62.6 Å². The van der Waals surface area contributed by atoms with Crippen LogP contribution in [0.4, 0.5) is 0 Å². The highest BCUT2D eigenvalue weighted by Crippen LogP contribution is 2.23. The van der Waals surface area contributed by atoms with Gasteiger partial charge in [0.05, 0.1) is 44.0 Å². The number of methoxy groups -OCH3 is 1. The van der Waals surface area contributed by atoms with Crippen molar-refractivity contribution in [1.29, 1.82) is 0 Å². The first kappa shape index (κ1) is 25.2. The number of carbonyl (C=O) groups is 3. The van der Waals surface area contributed by atoms with Gasteiger partial charge in [-0.2, -0.15) is 0 Å². The summed E-state index contributed by atoms with van der Waals surface area (Å²) < 4.78 is 12.2. The molecule has 0 unspecified atom stereocenters. The summed E-state index contributed by atoms with van der Waals surface area (Å²) in [7, 11) is 1.36. The maximum absolute atomic E-state index is 13.3. The molecule has 2 N–H and O–H groups in total. The molecule has 188 valence electrons. The molecule has 8 heteroatoms. The summed E-state index contributed by atoms with van der Waals surface area (Å²) >= 11 is 0. The van der Waals surface area contributed by atoms with E-state index >= 15 is 0 Å². The Morgan fingerprint density at radius 1 is 1.03 bits per heavy atom. The van der Waals surface area contributed by atoms with E-state index in [1.807, 2.05) is 66.1 Å². The number of nitrogens with zero attached hydrogens (tertiary/aromatic N) is 1. The van der Waals surface area contributed by atoms with Gasteiger partial charge in [-0.3, -0.25) is 14.4 Å². The Kier molecular flexibility index (Phi) is 8.17. The van der Waals surface area contributed by atoms with E-state index in [1.54, 1.807) is 6.07 Å². The topological polar surface area (TPSA) is 98.7 Å². The highest BCUT2D eigenvalue weighted by Gasteiger charge is 2.27. The van der Waals surface area contributed by atoms with Crippen LogP contribution in [0.25, 0.3) is 0 Å². The molecule has 0 aliphatic carbocycles. The van der Waals surface area contributed by atoms with Crippen molar-refractivity contribution >= 4 is 17.8 Å². The predicted octanol–water partition coefficient (Wildman–Crippen LogP) is 3.54. The molecule has 0 bridgehead atoms. The number of amides is 2. The molecular weight excluding hydrogens is 458 g/mol. The molecule has 36 heavy (non-hydrogen) atoms. The van der Waals surface area contributed by atoms with Gasteiger partial charge < -0.3 is 24.7 Å². The molecule has 0 fully saturated rings. The number of carbonyl (C=O) groups excluding carboxylic acids is 3. The number of hydrogen-bond donors (Lipinski definition) is 2. The van der Waals surface area contributed by atoms with Gasteiger partial charge in [0.2, 0.25) is 0 Å². The van der Waals surface area contributed by atoms with Crippen LogP contribution in [-0.4, -0.2) is 36.1 Å². The number of fused-ring (bicyclic) bond motifs is 1. The van der Waals surface area contributed by atoms with Crippen molar-refractivity contribution in [2.24, 2.45) is 0 Å². The summed E-state index contributed by atoms with van der Waals surface area (Å²) in [5, 5.41) is 6.05. The molecule has 0 spiro atoms. The van der Waals surface area contributed by atoms with Crippen LogP contribution in [0.5, 0.6) is 0 Å². The third-order valence-corrected chi connectivity index (χ3v) is 6.35. The summed E-state index contributed by atoms with van der Waals surface area (Å²) in [6.45, 7) is 3.61. The van der Waals surface area contributed by atoms with Gasteiger partial charge in [-0.1, -0.05) is 61.5 Å². The quantitative estimate of drug-likeness (QED) is 0.448. The summed E-state index contributed by atoms with van der Waals surface area (Å²) in [6.07, 6.45) is 0.948. The van der Waals surface area contributed by atoms with Crippen molar-refractivity contribution < 1.29 is 23.9 Å². The molecule has 2 aromatic carbocycles. The molecule has 2 heterocycles. The molecule has 3 aromatic rings. The molecule has 1 atom stereocenters. The van der Waals surface area contributed by atoms with Crippen LogP contribution < -0.4 is 10.6 Å². The minimum Gasteiger partial charge on any atom is -0.469 e. The first-order chi connectivity index (χ1) is 17.5. The zero-order valence-corrected chi connectivity index (χ0v) is 20.6. The van der Waals surface area contributed by atoms with Crippen molar-refractivity contribution in [3.8, 4) is 0 Å². The van der Waals surface area contributed by atoms with Crippen LogP contribution in [0.2, 0.25) is 0 Å². The summed E-state index contributed by atoms with van der Waals surface area (Å²) in [4.78, 5) is 37.8. The maximum Gasteiger partial charge on any atom is 0.309 e. The fourth-order valence-corrected chi connectivity index (χ4v) is 4.34. The molecule has 8 nitrogen and oxygen atoms in total. The highest BCUT2D eigenvalue weighted by molar-refractivity contribution is 6.00. The second-order valence-electron chi connectivity index (χ2n) is 8.69. The fourth-order valence-electron chi connectivity index (χ4n) is 4.34. The van der Waals surface area contributed by atoms with Crippen molar-refractivity contribution in [3.05, 3.63) is 94.3 Å². The van der Waals surface area contributed by atoms with Gasteiger partial charge in [0.1, 0.15) is 5.69 Å². The number of esters is 1. The monoisotopic (exact) mass is 489 g/mol. The van der Waals surface area contributed by atoms with Crippen molar-refractivity contribution in [3.63, 3.8) is 0 Å². The van der Waals surface area contributed by atoms with Crippen molar-refractivity contribution in [2.45, 2.75) is 45.5 Å². The van der Waals surface area contributed by atoms with Gasteiger partial charge in [-0.15, -0.1) is 0 Å². The van der Waals surface area contributed by atoms with Gasteiger partial charge in [0.15, 0.2) is 0 Å². The number of nitrogens with one attached hydrogen (secondary N) is 2. The lowest BCUT2D eigenvalue weighted by atomic mass is 10.0. The normalized spacial score (nSPS) is 13.4. The molecule has 0 saturated carbocycles. The Morgan fingerprint density at radius 3 is 2.44 bits per heavy atom. The largest absolute Gasteiger partial charge is 0.469 e. The fraction of sp³-hybridized carbons (Fsp3) is 0.321. The highest BCUT2D eigenvalue weighted by atomic mass is 16.5.